The van der Waals surface area contributed by atoms with E-state index in [0.717, 1.165) is 22.6 Å². The minimum absolute atomic E-state index is 0.249. The first-order chi connectivity index (χ1) is 15.2. The van der Waals surface area contributed by atoms with Crippen molar-refractivity contribution in [3.8, 4) is 22.5 Å². The number of rotatable bonds is 8. The molecule has 1 heterocycles. The van der Waals surface area contributed by atoms with E-state index in [1.165, 1.54) is 75.5 Å². The Bertz CT molecular complexity index is 924. The molecule has 4 rings (SSSR count). The lowest BCUT2D eigenvalue weighted by atomic mass is 9.77. The van der Waals surface area contributed by atoms with Gasteiger partial charge in [0.25, 0.3) is 0 Å². The lowest BCUT2D eigenvalue weighted by Gasteiger charge is -2.29. The van der Waals surface area contributed by atoms with Crippen molar-refractivity contribution in [1.29, 1.82) is 0 Å². The third-order valence-corrected chi connectivity index (χ3v) is 6.78. The van der Waals surface area contributed by atoms with Crippen molar-refractivity contribution in [2.75, 3.05) is 0 Å². The van der Waals surface area contributed by atoms with Gasteiger partial charge in [0.2, 0.25) is 0 Å². The van der Waals surface area contributed by atoms with Crippen molar-refractivity contribution in [3.05, 3.63) is 72.3 Å². The van der Waals surface area contributed by atoms with Crippen LogP contribution >= 0.6 is 0 Å². The number of hydrogen-bond donors (Lipinski definition) is 0. The fraction of sp³-hybridized carbons (Fsp3) is 0.429. The van der Waals surface area contributed by atoms with E-state index in [4.69, 9.17) is 0 Å². The van der Waals surface area contributed by atoms with E-state index < -0.39 is 0 Å². The maximum Gasteiger partial charge on any atom is 0.159 e. The molecule has 1 aliphatic rings. The van der Waals surface area contributed by atoms with Crippen LogP contribution in [0, 0.1) is 11.7 Å². The minimum atomic E-state index is -0.249. The highest BCUT2D eigenvalue weighted by molar-refractivity contribution is 5.64. The zero-order valence-electron chi connectivity index (χ0n) is 18.6. The van der Waals surface area contributed by atoms with Gasteiger partial charge in [0.1, 0.15) is 5.82 Å². The number of hydrogen-bond acceptors (Lipinski definition) is 2. The molecule has 1 fully saturated rings. The quantitative estimate of drug-likeness (QED) is 0.346. The van der Waals surface area contributed by atoms with Gasteiger partial charge in [-0.15, -0.1) is 0 Å². The molecule has 162 valence electrons. The average molecular weight is 417 g/mol. The van der Waals surface area contributed by atoms with Crippen LogP contribution in [-0.2, 0) is 0 Å². The molecule has 2 aromatic carbocycles. The summed E-state index contributed by atoms with van der Waals surface area (Å²) >= 11 is 0. The van der Waals surface area contributed by atoms with Gasteiger partial charge in [-0.2, -0.15) is 0 Å². The highest BCUT2D eigenvalue weighted by atomic mass is 19.1. The lowest BCUT2D eigenvalue weighted by Crippen LogP contribution is -2.13. The van der Waals surface area contributed by atoms with Gasteiger partial charge in [-0.25, -0.2) is 14.4 Å². The monoisotopic (exact) mass is 416 g/mol. The van der Waals surface area contributed by atoms with Crippen LogP contribution in [0.25, 0.3) is 22.5 Å². The summed E-state index contributed by atoms with van der Waals surface area (Å²) < 4.78 is 13.1. The van der Waals surface area contributed by atoms with Crippen LogP contribution in [0.2, 0.25) is 0 Å². The van der Waals surface area contributed by atoms with Gasteiger partial charge in [0.15, 0.2) is 5.82 Å². The summed E-state index contributed by atoms with van der Waals surface area (Å²) in [7, 11) is 0. The number of aromatic nitrogens is 2. The highest BCUT2D eigenvalue weighted by Gasteiger charge is 2.22. The second-order valence-corrected chi connectivity index (χ2v) is 8.99. The number of nitrogens with zero attached hydrogens (tertiary/aromatic N) is 2. The summed E-state index contributed by atoms with van der Waals surface area (Å²) in [5, 5.41) is 0. The summed E-state index contributed by atoms with van der Waals surface area (Å²) in [6.07, 6.45) is 16.1. The first-order valence-corrected chi connectivity index (χ1v) is 11.9. The first kappa shape index (κ1) is 21.7. The molecule has 1 aromatic heterocycles. The van der Waals surface area contributed by atoms with Crippen molar-refractivity contribution in [3.63, 3.8) is 0 Å². The molecule has 0 N–H and O–H groups in total. The molecule has 0 radical (unpaired) electrons. The molecular weight excluding hydrogens is 383 g/mol. The molecular formula is C28H33FN2. The molecule has 31 heavy (non-hydrogen) atoms. The van der Waals surface area contributed by atoms with Gasteiger partial charge >= 0.3 is 0 Å². The van der Waals surface area contributed by atoms with Crippen LogP contribution in [0.1, 0.15) is 76.2 Å². The van der Waals surface area contributed by atoms with Crippen LogP contribution in [0.5, 0.6) is 0 Å². The van der Waals surface area contributed by atoms with Gasteiger partial charge in [0.05, 0.1) is 0 Å². The first-order valence-electron chi connectivity index (χ1n) is 11.9. The van der Waals surface area contributed by atoms with Gasteiger partial charge < -0.3 is 0 Å². The SMILES string of the molecule is CCCCCCC1CCC(c2ccc(-c3cnc(-c4ccc(F)cc4)nc3)cc2)CC1. The van der Waals surface area contributed by atoms with Gasteiger partial charge in [-0.3, -0.25) is 0 Å². The molecule has 2 nitrogen and oxygen atoms in total. The average Bonchev–Trinajstić information content (AvgIpc) is 2.83. The van der Waals surface area contributed by atoms with Crippen LogP contribution in [0.3, 0.4) is 0 Å². The van der Waals surface area contributed by atoms with E-state index >= 15 is 0 Å². The van der Waals surface area contributed by atoms with Crippen molar-refractivity contribution >= 4 is 0 Å². The summed E-state index contributed by atoms with van der Waals surface area (Å²) in [6.45, 7) is 2.28. The van der Waals surface area contributed by atoms with E-state index in [1.807, 2.05) is 12.4 Å². The predicted octanol–water partition coefficient (Wildman–Crippen LogP) is 8.19. The lowest BCUT2D eigenvalue weighted by molar-refractivity contribution is 0.302. The van der Waals surface area contributed by atoms with Crippen LogP contribution in [-0.4, -0.2) is 9.97 Å². The Labute approximate surface area is 186 Å². The summed E-state index contributed by atoms with van der Waals surface area (Å²) in [5.41, 5.74) is 4.44. The van der Waals surface area contributed by atoms with E-state index in [0.29, 0.717) is 11.7 Å². The smallest absolute Gasteiger partial charge is 0.159 e. The molecule has 0 aliphatic heterocycles. The van der Waals surface area contributed by atoms with Gasteiger partial charge in [-0.05, 0) is 72.9 Å². The standard InChI is InChI=1S/C28H33FN2/c1-2-3-4-5-6-21-7-9-22(10-8-21)23-11-13-24(14-12-23)26-19-30-28(31-20-26)25-15-17-27(29)18-16-25/h11-22H,2-10H2,1H3. The van der Waals surface area contributed by atoms with Crippen LogP contribution < -0.4 is 0 Å². The maximum absolute atomic E-state index is 13.1. The van der Waals surface area contributed by atoms with Crippen LogP contribution in [0.15, 0.2) is 60.9 Å². The zero-order valence-corrected chi connectivity index (χ0v) is 18.6. The van der Waals surface area contributed by atoms with E-state index in [2.05, 4.69) is 41.2 Å². The summed E-state index contributed by atoms with van der Waals surface area (Å²) in [6, 6.07) is 15.3. The Kier molecular flexibility index (Phi) is 7.45. The zero-order chi connectivity index (χ0) is 21.5. The highest BCUT2D eigenvalue weighted by Crippen LogP contribution is 2.38. The largest absolute Gasteiger partial charge is 0.236 e. The number of unbranched alkanes of at least 4 members (excludes halogenated alkanes) is 3. The summed E-state index contributed by atoms with van der Waals surface area (Å²) in [4.78, 5) is 8.96. The molecule has 0 spiro atoms. The second-order valence-electron chi connectivity index (χ2n) is 8.99. The molecule has 0 amide bonds. The third kappa shape index (κ3) is 5.78. The molecule has 0 atom stereocenters. The van der Waals surface area contributed by atoms with Crippen molar-refractivity contribution in [2.24, 2.45) is 5.92 Å². The Morgan fingerprint density at radius 2 is 1.39 bits per heavy atom. The van der Waals surface area contributed by atoms with E-state index in [1.54, 1.807) is 12.1 Å². The minimum Gasteiger partial charge on any atom is -0.236 e. The molecule has 0 saturated heterocycles. The second kappa shape index (κ2) is 10.7. The Morgan fingerprint density at radius 1 is 0.742 bits per heavy atom. The normalized spacial score (nSPS) is 18.8. The summed E-state index contributed by atoms with van der Waals surface area (Å²) in [5.74, 6) is 2.02. The van der Waals surface area contributed by atoms with Gasteiger partial charge in [0, 0.05) is 23.5 Å². The molecule has 0 unspecified atom stereocenters. The topological polar surface area (TPSA) is 25.8 Å². The van der Waals surface area contributed by atoms with Crippen molar-refractivity contribution in [1.82, 2.24) is 9.97 Å². The van der Waals surface area contributed by atoms with Crippen molar-refractivity contribution in [2.45, 2.75) is 70.6 Å². The number of halogens is 1. The van der Waals surface area contributed by atoms with Crippen LogP contribution in [0.4, 0.5) is 4.39 Å². The third-order valence-electron chi connectivity index (χ3n) is 6.78. The molecule has 3 aromatic rings. The van der Waals surface area contributed by atoms with E-state index in [9.17, 15) is 4.39 Å². The Morgan fingerprint density at radius 3 is 2.03 bits per heavy atom. The maximum atomic E-state index is 13.1. The Balaban J connectivity index is 1.33. The predicted molar refractivity (Wildman–Crippen MR) is 126 cm³/mol. The van der Waals surface area contributed by atoms with Gasteiger partial charge in [-0.1, -0.05) is 63.3 Å². The molecule has 1 aliphatic carbocycles. The molecule has 0 bridgehead atoms. The molecule has 3 heteroatoms. The molecule has 1 saturated carbocycles. The number of benzene rings is 2. The Hall–Kier alpha value is -2.55. The van der Waals surface area contributed by atoms with E-state index in [-0.39, 0.29) is 5.82 Å². The fourth-order valence-corrected chi connectivity index (χ4v) is 4.82. The fourth-order valence-electron chi connectivity index (χ4n) is 4.82. The van der Waals surface area contributed by atoms with Crippen molar-refractivity contribution < 1.29 is 4.39 Å².